The SMILES string of the molecule is CN1C(=O)C[C@H](C(=O)N2CCNCC2)[C@H]1c1ccc(C(F)(F)F)cc1. The highest BCUT2D eigenvalue weighted by Gasteiger charge is 2.44. The molecule has 2 aliphatic rings. The molecule has 136 valence electrons. The molecule has 3 rings (SSSR count). The van der Waals surface area contributed by atoms with Gasteiger partial charge in [0, 0.05) is 39.6 Å². The van der Waals surface area contributed by atoms with Crippen molar-refractivity contribution in [1.82, 2.24) is 15.1 Å². The van der Waals surface area contributed by atoms with Gasteiger partial charge in [-0.15, -0.1) is 0 Å². The molecule has 5 nitrogen and oxygen atoms in total. The van der Waals surface area contributed by atoms with Crippen LogP contribution in [0, 0.1) is 5.92 Å². The Labute approximate surface area is 143 Å². The third-order valence-electron chi connectivity index (χ3n) is 4.91. The van der Waals surface area contributed by atoms with Crippen molar-refractivity contribution in [3.05, 3.63) is 35.4 Å². The number of halogens is 3. The van der Waals surface area contributed by atoms with Crippen molar-refractivity contribution in [2.75, 3.05) is 33.2 Å². The molecule has 25 heavy (non-hydrogen) atoms. The summed E-state index contributed by atoms with van der Waals surface area (Å²) >= 11 is 0. The Bertz CT molecular complexity index is 654. The number of hydrogen-bond donors (Lipinski definition) is 1. The molecule has 0 aliphatic carbocycles. The second-order valence-corrected chi connectivity index (χ2v) is 6.46. The second kappa shape index (κ2) is 6.67. The average molecular weight is 355 g/mol. The van der Waals surface area contributed by atoms with Crippen LogP contribution >= 0.6 is 0 Å². The molecule has 0 bridgehead atoms. The molecule has 0 aromatic heterocycles. The van der Waals surface area contributed by atoms with Crippen molar-refractivity contribution in [2.45, 2.75) is 18.6 Å². The maximum absolute atomic E-state index is 12.8. The van der Waals surface area contributed by atoms with E-state index in [1.165, 1.54) is 17.0 Å². The lowest BCUT2D eigenvalue weighted by Gasteiger charge is -2.32. The lowest BCUT2D eigenvalue weighted by Crippen LogP contribution is -2.49. The molecule has 2 saturated heterocycles. The fraction of sp³-hybridized carbons (Fsp3) is 0.529. The number of hydrogen-bond acceptors (Lipinski definition) is 3. The normalized spacial score (nSPS) is 24.7. The highest BCUT2D eigenvalue weighted by Crippen LogP contribution is 2.39. The zero-order chi connectivity index (χ0) is 18.2. The highest BCUT2D eigenvalue weighted by atomic mass is 19.4. The predicted molar refractivity (Wildman–Crippen MR) is 84.5 cm³/mol. The monoisotopic (exact) mass is 355 g/mol. The first-order chi connectivity index (χ1) is 11.8. The summed E-state index contributed by atoms with van der Waals surface area (Å²) in [5, 5.41) is 3.16. The molecule has 2 heterocycles. The molecule has 1 aromatic rings. The number of carbonyl (C=O) groups is 2. The number of carbonyl (C=O) groups excluding carboxylic acids is 2. The van der Waals surface area contributed by atoms with E-state index in [1.807, 2.05) is 0 Å². The first kappa shape index (κ1) is 17.7. The molecule has 2 atom stereocenters. The topological polar surface area (TPSA) is 52.7 Å². The van der Waals surface area contributed by atoms with Crippen molar-refractivity contribution in [3.63, 3.8) is 0 Å². The minimum Gasteiger partial charge on any atom is -0.340 e. The van der Waals surface area contributed by atoms with Crippen molar-refractivity contribution < 1.29 is 22.8 Å². The quantitative estimate of drug-likeness (QED) is 0.878. The smallest absolute Gasteiger partial charge is 0.340 e. The van der Waals surface area contributed by atoms with E-state index in [2.05, 4.69) is 5.32 Å². The summed E-state index contributed by atoms with van der Waals surface area (Å²) in [6.45, 7) is 2.56. The molecular formula is C17H20F3N3O2. The van der Waals surface area contributed by atoms with E-state index in [-0.39, 0.29) is 18.2 Å². The minimum absolute atomic E-state index is 0.0882. The Hall–Kier alpha value is -2.09. The minimum atomic E-state index is -4.41. The van der Waals surface area contributed by atoms with Gasteiger partial charge in [0.1, 0.15) is 0 Å². The van der Waals surface area contributed by atoms with E-state index in [4.69, 9.17) is 0 Å². The van der Waals surface area contributed by atoms with E-state index >= 15 is 0 Å². The van der Waals surface area contributed by atoms with Gasteiger partial charge < -0.3 is 15.1 Å². The van der Waals surface area contributed by atoms with Crippen LogP contribution in [0.25, 0.3) is 0 Å². The van der Waals surface area contributed by atoms with Gasteiger partial charge in [0.2, 0.25) is 11.8 Å². The molecule has 1 N–H and O–H groups in total. The van der Waals surface area contributed by atoms with Crippen LogP contribution in [-0.2, 0) is 15.8 Å². The van der Waals surface area contributed by atoms with Gasteiger partial charge in [-0.1, -0.05) is 12.1 Å². The maximum atomic E-state index is 12.8. The fourth-order valence-electron chi connectivity index (χ4n) is 3.54. The van der Waals surface area contributed by atoms with Gasteiger partial charge in [0.15, 0.2) is 0 Å². The van der Waals surface area contributed by atoms with E-state index in [0.717, 1.165) is 12.1 Å². The number of alkyl halides is 3. The number of benzene rings is 1. The van der Waals surface area contributed by atoms with Gasteiger partial charge in [0.25, 0.3) is 0 Å². The van der Waals surface area contributed by atoms with Gasteiger partial charge in [-0.05, 0) is 17.7 Å². The molecule has 0 spiro atoms. The lowest BCUT2D eigenvalue weighted by atomic mass is 9.91. The Morgan fingerprint density at radius 3 is 2.32 bits per heavy atom. The van der Waals surface area contributed by atoms with Crippen molar-refractivity contribution in [2.24, 2.45) is 5.92 Å². The summed E-state index contributed by atoms with van der Waals surface area (Å²) in [7, 11) is 1.59. The Balaban J connectivity index is 1.86. The van der Waals surface area contributed by atoms with Gasteiger partial charge in [-0.25, -0.2) is 0 Å². The van der Waals surface area contributed by atoms with Gasteiger partial charge in [-0.3, -0.25) is 9.59 Å². The van der Waals surface area contributed by atoms with Crippen LogP contribution in [0.5, 0.6) is 0 Å². The van der Waals surface area contributed by atoms with Crippen LogP contribution in [0.15, 0.2) is 24.3 Å². The number of nitrogens with zero attached hydrogens (tertiary/aromatic N) is 2. The highest BCUT2D eigenvalue weighted by molar-refractivity contribution is 5.90. The van der Waals surface area contributed by atoms with Crippen LogP contribution in [-0.4, -0.2) is 54.8 Å². The first-order valence-corrected chi connectivity index (χ1v) is 8.21. The third-order valence-corrected chi connectivity index (χ3v) is 4.91. The van der Waals surface area contributed by atoms with Crippen LogP contribution in [0.2, 0.25) is 0 Å². The standard InChI is InChI=1S/C17H20F3N3O2/c1-22-14(24)10-13(16(25)23-8-6-21-7-9-23)15(22)11-2-4-12(5-3-11)17(18,19)20/h2-5,13,15,21H,6-10H2,1H3/t13-,15+/m0/s1. The fourth-order valence-corrected chi connectivity index (χ4v) is 3.54. The Morgan fingerprint density at radius 2 is 1.76 bits per heavy atom. The molecule has 8 heteroatoms. The lowest BCUT2D eigenvalue weighted by molar-refractivity contribution is -0.138. The van der Waals surface area contributed by atoms with Crippen molar-refractivity contribution >= 4 is 11.8 Å². The maximum Gasteiger partial charge on any atom is 0.416 e. The molecule has 0 radical (unpaired) electrons. The first-order valence-electron chi connectivity index (χ1n) is 8.21. The summed E-state index contributed by atoms with van der Waals surface area (Å²) in [4.78, 5) is 28.2. The Morgan fingerprint density at radius 1 is 1.16 bits per heavy atom. The van der Waals surface area contributed by atoms with Crippen LogP contribution in [0.4, 0.5) is 13.2 Å². The van der Waals surface area contributed by atoms with Crippen LogP contribution in [0.1, 0.15) is 23.6 Å². The Kier molecular flexibility index (Phi) is 4.73. The number of rotatable bonds is 2. The molecule has 0 unspecified atom stereocenters. The predicted octanol–water partition coefficient (Wildman–Crippen LogP) is 1.66. The number of nitrogens with one attached hydrogen (secondary N) is 1. The van der Waals surface area contributed by atoms with Gasteiger partial charge >= 0.3 is 6.18 Å². The molecule has 2 amide bonds. The number of piperazine rings is 1. The molecule has 0 saturated carbocycles. The summed E-state index contributed by atoms with van der Waals surface area (Å²) in [5.74, 6) is -0.838. The zero-order valence-corrected chi connectivity index (χ0v) is 13.8. The van der Waals surface area contributed by atoms with E-state index in [1.54, 1.807) is 11.9 Å². The molecular weight excluding hydrogens is 335 g/mol. The third kappa shape index (κ3) is 3.49. The number of likely N-dealkylation sites (tertiary alicyclic amines) is 1. The second-order valence-electron chi connectivity index (χ2n) is 6.46. The van der Waals surface area contributed by atoms with Crippen LogP contribution < -0.4 is 5.32 Å². The molecule has 2 aliphatic heterocycles. The van der Waals surface area contributed by atoms with Gasteiger partial charge in [0.05, 0.1) is 17.5 Å². The van der Waals surface area contributed by atoms with Gasteiger partial charge in [-0.2, -0.15) is 13.2 Å². The summed E-state index contributed by atoms with van der Waals surface area (Å²) < 4.78 is 38.3. The summed E-state index contributed by atoms with van der Waals surface area (Å²) in [6.07, 6.45) is -4.32. The van der Waals surface area contributed by atoms with Crippen molar-refractivity contribution in [1.29, 1.82) is 0 Å². The number of amides is 2. The van der Waals surface area contributed by atoms with Crippen molar-refractivity contribution in [3.8, 4) is 0 Å². The largest absolute Gasteiger partial charge is 0.416 e. The average Bonchev–Trinajstić information content (AvgIpc) is 2.89. The van der Waals surface area contributed by atoms with E-state index in [9.17, 15) is 22.8 Å². The van der Waals surface area contributed by atoms with E-state index < -0.39 is 23.7 Å². The summed E-state index contributed by atoms with van der Waals surface area (Å²) in [5.41, 5.74) is -0.192. The van der Waals surface area contributed by atoms with Crippen LogP contribution in [0.3, 0.4) is 0 Å². The molecule has 2 fully saturated rings. The van der Waals surface area contributed by atoms with E-state index in [0.29, 0.717) is 31.7 Å². The zero-order valence-electron chi connectivity index (χ0n) is 13.8. The molecule has 1 aromatic carbocycles. The summed E-state index contributed by atoms with van der Waals surface area (Å²) in [6, 6.07) is 4.19.